The van der Waals surface area contributed by atoms with Gasteiger partial charge in [-0.2, -0.15) is 13.2 Å². The van der Waals surface area contributed by atoms with Crippen LogP contribution in [-0.2, 0) is 22.2 Å². The molecule has 4 aliphatic carbocycles. The Kier molecular flexibility index (Phi) is 4.67. The van der Waals surface area contributed by atoms with Crippen molar-refractivity contribution in [3.63, 3.8) is 0 Å². The third-order valence-electron chi connectivity index (χ3n) is 6.86. The molecule has 5 rings (SSSR count). The molecule has 4 nitrogen and oxygen atoms in total. The van der Waals surface area contributed by atoms with E-state index in [9.17, 15) is 22.8 Å². The summed E-state index contributed by atoms with van der Waals surface area (Å²) in [5.74, 6) is 0.852. The number of hydrogen-bond acceptors (Lipinski definition) is 2. The largest absolute Gasteiger partial charge is 0.416 e. The summed E-state index contributed by atoms with van der Waals surface area (Å²) < 4.78 is 38.8. The molecule has 2 amide bonds. The van der Waals surface area contributed by atoms with Gasteiger partial charge in [-0.1, -0.05) is 18.2 Å². The van der Waals surface area contributed by atoms with Crippen molar-refractivity contribution >= 4 is 11.8 Å². The van der Waals surface area contributed by atoms with Crippen molar-refractivity contribution in [1.82, 2.24) is 5.32 Å². The van der Waals surface area contributed by atoms with E-state index in [1.807, 2.05) is 0 Å². The zero-order chi connectivity index (χ0) is 20.1. The molecule has 1 aromatic carbocycles. The molecule has 28 heavy (non-hydrogen) atoms. The number of carbonyl (C=O) groups is 2. The number of benzene rings is 1. The van der Waals surface area contributed by atoms with Crippen LogP contribution in [-0.4, -0.2) is 17.9 Å². The van der Waals surface area contributed by atoms with E-state index in [2.05, 4.69) is 5.32 Å². The predicted molar refractivity (Wildman–Crippen MR) is 96.9 cm³/mol. The van der Waals surface area contributed by atoms with Crippen molar-refractivity contribution in [3.8, 4) is 0 Å². The summed E-state index contributed by atoms with van der Waals surface area (Å²) in [5.41, 5.74) is 4.58. The van der Waals surface area contributed by atoms with Crippen LogP contribution in [0.3, 0.4) is 0 Å². The molecule has 3 N–H and O–H groups in total. The maximum Gasteiger partial charge on any atom is 0.416 e. The number of primary amides is 1. The van der Waals surface area contributed by atoms with Crippen molar-refractivity contribution < 1.29 is 22.8 Å². The molecule has 152 valence electrons. The van der Waals surface area contributed by atoms with E-state index in [0.717, 1.165) is 31.4 Å². The first-order chi connectivity index (χ1) is 13.1. The molecular formula is C21H25F3N2O2. The van der Waals surface area contributed by atoms with Gasteiger partial charge in [0.1, 0.15) is 6.04 Å². The van der Waals surface area contributed by atoms with Crippen LogP contribution in [0.5, 0.6) is 0 Å². The van der Waals surface area contributed by atoms with Gasteiger partial charge < -0.3 is 11.1 Å². The number of nitrogens with one attached hydrogen (secondary N) is 1. The minimum absolute atomic E-state index is 0.0443. The Morgan fingerprint density at radius 2 is 1.68 bits per heavy atom. The van der Waals surface area contributed by atoms with Crippen LogP contribution in [0.25, 0.3) is 0 Å². The minimum Gasteiger partial charge on any atom is -0.368 e. The van der Waals surface area contributed by atoms with E-state index in [-0.39, 0.29) is 12.3 Å². The molecule has 4 saturated carbocycles. The van der Waals surface area contributed by atoms with Crippen LogP contribution < -0.4 is 11.1 Å². The number of hydrogen-bond donors (Lipinski definition) is 2. The van der Waals surface area contributed by atoms with Gasteiger partial charge in [0.2, 0.25) is 11.8 Å². The number of rotatable bonds is 5. The molecule has 4 bridgehead atoms. The van der Waals surface area contributed by atoms with Gasteiger partial charge in [0.05, 0.1) is 5.56 Å². The summed E-state index contributed by atoms with van der Waals surface area (Å²) in [7, 11) is 0. The summed E-state index contributed by atoms with van der Waals surface area (Å²) in [4.78, 5) is 25.1. The molecule has 4 fully saturated rings. The third kappa shape index (κ3) is 3.63. The molecule has 0 aromatic heterocycles. The lowest BCUT2D eigenvalue weighted by molar-refractivity contribution is -0.148. The highest BCUT2D eigenvalue weighted by Gasteiger charge is 2.54. The van der Waals surface area contributed by atoms with Crippen molar-refractivity contribution in [1.29, 1.82) is 0 Å². The first-order valence-electron chi connectivity index (χ1n) is 9.91. The Morgan fingerprint density at radius 1 is 1.11 bits per heavy atom. The van der Waals surface area contributed by atoms with Gasteiger partial charge >= 0.3 is 6.18 Å². The van der Waals surface area contributed by atoms with Gasteiger partial charge in [-0.25, -0.2) is 0 Å². The predicted octanol–water partition coefficient (Wildman–Crippen LogP) is 3.43. The van der Waals surface area contributed by atoms with Gasteiger partial charge in [-0.15, -0.1) is 0 Å². The highest BCUT2D eigenvalue weighted by molar-refractivity contribution is 5.90. The normalized spacial score (nSPS) is 32.2. The van der Waals surface area contributed by atoms with E-state index >= 15 is 0 Å². The highest BCUT2D eigenvalue weighted by atomic mass is 19.4. The van der Waals surface area contributed by atoms with Crippen LogP contribution in [0.1, 0.15) is 49.7 Å². The quantitative estimate of drug-likeness (QED) is 0.803. The van der Waals surface area contributed by atoms with Gasteiger partial charge in [0.25, 0.3) is 0 Å². The van der Waals surface area contributed by atoms with E-state index in [0.29, 0.717) is 23.3 Å². The monoisotopic (exact) mass is 394 g/mol. The fourth-order valence-electron chi connectivity index (χ4n) is 6.03. The molecule has 0 spiro atoms. The van der Waals surface area contributed by atoms with Crippen molar-refractivity contribution in [2.45, 2.75) is 57.2 Å². The first-order valence-corrected chi connectivity index (χ1v) is 9.91. The van der Waals surface area contributed by atoms with Gasteiger partial charge in [-0.3, -0.25) is 9.59 Å². The lowest BCUT2D eigenvalue weighted by Crippen LogP contribution is -2.57. The SMILES string of the molecule is NC(=O)[C@H](Cc1cccc(C(F)(F)F)c1)NC(=O)C12CC3CC(CC(C3)C1)C2. The van der Waals surface area contributed by atoms with Gasteiger partial charge in [0, 0.05) is 11.8 Å². The molecule has 0 saturated heterocycles. The summed E-state index contributed by atoms with van der Waals surface area (Å²) in [6.45, 7) is 0. The highest BCUT2D eigenvalue weighted by Crippen LogP contribution is 2.60. The maximum absolute atomic E-state index is 13.1. The van der Waals surface area contributed by atoms with Crippen molar-refractivity contribution in [2.24, 2.45) is 28.9 Å². The van der Waals surface area contributed by atoms with Gasteiger partial charge in [0.15, 0.2) is 0 Å². The second-order valence-corrected chi connectivity index (χ2v) is 9.03. The van der Waals surface area contributed by atoms with Crippen molar-refractivity contribution in [2.75, 3.05) is 0 Å². The Hall–Kier alpha value is -2.05. The number of carbonyl (C=O) groups excluding carboxylic acids is 2. The molecule has 0 heterocycles. The summed E-state index contributed by atoms with van der Waals surface area (Å²) >= 11 is 0. The van der Waals surface area contributed by atoms with Crippen LogP contribution >= 0.6 is 0 Å². The van der Waals surface area contributed by atoms with E-state index < -0.39 is 29.1 Å². The Balaban J connectivity index is 1.49. The molecule has 0 radical (unpaired) electrons. The average molecular weight is 394 g/mol. The van der Waals surface area contributed by atoms with E-state index in [1.165, 1.54) is 31.4 Å². The van der Waals surface area contributed by atoms with E-state index in [1.54, 1.807) is 0 Å². The average Bonchev–Trinajstić information content (AvgIpc) is 2.59. The zero-order valence-electron chi connectivity index (χ0n) is 15.6. The number of halogens is 3. The van der Waals surface area contributed by atoms with E-state index in [4.69, 9.17) is 5.73 Å². The van der Waals surface area contributed by atoms with Crippen LogP contribution in [0, 0.1) is 23.2 Å². The fraction of sp³-hybridized carbons (Fsp3) is 0.619. The third-order valence-corrected chi connectivity index (χ3v) is 6.86. The lowest BCUT2D eigenvalue weighted by Gasteiger charge is -2.55. The minimum atomic E-state index is -4.46. The Bertz CT molecular complexity index is 755. The second kappa shape index (κ2) is 6.78. The van der Waals surface area contributed by atoms with Crippen LogP contribution in [0.2, 0.25) is 0 Å². The number of alkyl halides is 3. The molecule has 0 unspecified atom stereocenters. The smallest absolute Gasteiger partial charge is 0.368 e. The number of nitrogens with two attached hydrogens (primary N) is 1. The molecule has 4 aliphatic rings. The van der Waals surface area contributed by atoms with Gasteiger partial charge in [-0.05, 0) is 67.9 Å². The first kappa shape index (κ1) is 19.3. The van der Waals surface area contributed by atoms with Crippen LogP contribution in [0.15, 0.2) is 24.3 Å². The summed E-state index contributed by atoms with van der Waals surface area (Å²) in [6.07, 6.45) is 1.61. The molecule has 1 atom stereocenters. The maximum atomic E-state index is 13.1. The standard InChI is InChI=1S/C21H25F3N2O2/c22-21(23,24)16-3-1-2-12(7-16)8-17(18(25)27)26-19(28)20-9-13-4-14(10-20)6-15(5-13)11-20/h1-3,7,13-15,17H,4-6,8-11H2,(H2,25,27)(H,26,28)/t13?,14?,15?,17-,20?/m0/s1. The molecule has 1 aromatic rings. The summed E-state index contributed by atoms with van der Waals surface area (Å²) in [6, 6.07) is 3.80. The topological polar surface area (TPSA) is 72.2 Å². The molecule has 0 aliphatic heterocycles. The van der Waals surface area contributed by atoms with Crippen LogP contribution in [0.4, 0.5) is 13.2 Å². The fourth-order valence-corrected chi connectivity index (χ4v) is 6.03. The zero-order valence-corrected chi connectivity index (χ0v) is 15.6. The Morgan fingerprint density at radius 3 is 2.18 bits per heavy atom. The van der Waals surface area contributed by atoms with Crippen molar-refractivity contribution in [3.05, 3.63) is 35.4 Å². The molecular weight excluding hydrogens is 369 g/mol. The number of amides is 2. The second-order valence-electron chi connectivity index (χ2n) is 9.03. The summed E-state index contributed by atoms with van der Waals surface area (Å²) in [5, 5.41) is 2.79. The lowest BCUT2D eigenvalue weighted by atomic mass is 9.49. The Labute approximate surface area is 162 Å². The molecule has 7 heteroatoms.